The molecule has 0 spiro atoms. The van der Waals surface area contributed by atoms with Crippen molar-refractivity contribution in [3.8, 4) is 17.2 Å². The standard InChI is InChI=1S/C18H22O3/c1-15-8-7-9-16(14-15)20-12-5-6-13-21-18-11-4-3-10-17(18)19-2/h3-4,7-11,14H,5-6,12-13H2,1-2H3. The van der Waals surface area contributed by atoms with Gasteiger partial charge in [-0.2, -0.15) is 0 Å². The fourth-order valence-electron chi connectivity index (χ4n) is 2.02. The molecule has 0 atom stereocenters. The van der Waals surface area contributed by atoms with Crippen molar-refractivity contribution in [2.75, 3.05) is 20.3 Å². The van der Waals surface area contributed by atoms with Gasteiger partial charge < -0.3 is 14.2 Å². The Morgan fingerprint density at radius 2 is 1.52 bits per heavy atom. The summed E-state index contributed by atoms with van der Waals surface area (Å²) in [6.45, 7) is 3.43. The fourth-order valence-corrected chi connectivity index (χ4v) is 2.02. The molecule has 0 amide bonds. The van der Waals surface area contributed by atoms with E-state index in [1.54, 1.807) is 7.11 Å². The number of aryl methyl sites for hydroxylation is 1. The van der Waals surface area contributed by atoms with Crippen LogP contribution in [0.3, 0.4) is 0 Å². The third-order valence-electron chi connectivity index (χ3n) is 3.12. The molecular weight excluding hydrogens is 264 g/mol. The van der Waals surface area contributed by atoms with E-state index in [9.17, 15) is 0 Å². The van der Waals surface area contributed by atoms with Gasteiger partial charge in [0.05, 0.1) is 20.3 Å². The molecule has 0 saturated heterocycles. The molecule has 0 fully saturated rings. The van der Waals surface area contributed by atoms with Crippen molar-refractivity contribution in [2.45, 2.75) is 19.8 Å². The number of ether oxygens (including phenoxy) is 3. The van der Waals surface area contributed by atoms with Gasteiger partial charge in [0.15, 0.2) is 11.5 Å². The predicted octanol–water partition coefficient (Wildman–Crippen LogP) is 4.24. The molecule has 2 aromatic carbocycles. The summed E-state index contributed by atoms with van der Waals surface area (Å²) in [5.41, 5.74) is 1.21. The van der Waals surface area contributed by atoms with Crippen LogP contribution in [0.15, 0.2) is 48.5 Å². The molecule has 112 valence electrons. The number of methoxy groups -OCH3 is 1. The molecule has 0 aromatic heterocycles. The third-order valence-corrected chi connectivity index (χ3v) is 3.12. The average molecular weight is 286 g/mol. The van der Waals surface area contributed by atoms with Crippen molar-refractivity contribution in [2.24, 2.45) is 0 Å². The molecule has 0 N–H and O–H groups in total. The molecule has 0 unspecified atom stereocenters. The Morgan fingerprint density at radius 3 is 2.24 bits per heavy atom. The van der Waals surface area contributed by atoms with E-state index in [0.29, 0.717) is 13.2 Å². The topological polar surface area (TPSA) is 27.7 Å². The van der Waals surface area contributed by atoms with Gasteiger partial charge >= 0.3 is 0 Å². The Kier molecular flexibility index (Phi) is 5.95. The maximum Gasteiger partial charge on any atom is 0.161 e. The summed E-state index contributed by atoms with van der Waals surface area (Å²) in [7, 11) is 1.65. The number of hydrogen-bond acceptors (Lipinski definition) is 3. The second-order valence-corrected chi connectivity index (χ2v) is 4.87. The summed E-state index contributed by atoms with van der Waals surface area (Å²) in [5, 5.41) is 0. The molecule has 2 rings (SSSR count). The van der Waals surface area contributed by atoms with Crippen molar-refractivity contribution < 1.29 is 14.2 Å². The maximum absolute atomic E-state index is 5.72. The van der Waals surface area contributed by atoms with E-state index in [2.05, 4.69) is 13.0 Å². The molecule has 0 heterocycles. The van der Waals surface area contributed by atoms with E-state index in [-0.39, 0.29) is 0 Å². The number of unbranched alkanes of at least 4 members (excludes halogenated alkanes) is 1. The summed E-state index contributed by atoms with van der Waals surface area (Å²) in [6, 6.07) is 15.8. The molecule has 3 nitrogen and oxygen atoms in total. The molecule has 3 heteroatoms. The van der Waals surface area contributed by atoms with Crippen LogP contribution in [-0.4, -0.2) is 20.3 Å². The molecular formula is C18H22O3. The molecule has 2 aromatic rings. The van der Waals surface area contributed by atoms with Crippen LogP contribution in [0.4, 0.5) is 0 Å². The summed E-state index contributed by atoms with van der Waals surface area (Å²) in [4.78, 5) is 0. The first-order valence-electron chi connectivity index (χ1n) is 7.25. The van der Waals surface area contributed by atoms with E-state index >= 15 is 0 Å². The van der Waals surface area contributed by atoms with Gasteiger partial charge in [-0.1, -0.05) is 24.3 Å². The monoisotopic (exact) mass is 286 g/mol. The molecule has 21 heavy (non-hydrogen) atoms. The first kappa shape index (κ1) is 15.2. The Balaban J connectivity index is 1.64. The third kappa shape index (κ3) is 5.03. The van der Waals surface area contributed by atoms with E-state index in [1.807, 2.05) is 42.5 Å². The molecule has 0 saturated carbocycles. The zero-order valence-corrected chi connectivity index (χ0v) is 12.7. The minimum Gasteiger partial charge on any atom is -0.494 e. The van der Waals surface area contributed by atoms with Crippen LogP contribution in [0.1, 0.15) is 18.4 Å². The Hall–Kier alpha value is -2.16. The highest BCUT2D eigenvalue weighted by Crippen LogP contribution is 2.25. The molecule has 0 aliphatic rings. The minimum atomic E-state index is 0.664. The zero-order chi connectivity index (χ0) is 14.9. The van der Waals surface area contributed by atoms with Crippen LogP contribution in [0, 0.1) is 6.92 Å². The van der Waals surface area contributed by atoms with Crippen LogP contribution in [0.2, 0.25) is 0 Å². The highest BCUT2D eigenvalue weighted by molar-refractivity contribution is 5.39. The highest BCUT2D eigenvalue weighted by Gasteiger charge is 2.01. The molecule has 0 aliphatic heterocycles. The largest absolute Gasteiger partial charge is 0.494 e. The summed E-state index contributed by atoms with van der Waals surface area (Å²) >= 11 is 0. The quantitative estimate of drug-likeness (QED) is 0.679. The number of rotatable bonds is 8. The SMILES string of the molecule is COc1ccccc1OCCCCOc1cccc(C)c1. The van der Waals surface area contributed by atoms with Crippen LogP contribution >= 0.6 is 0 Å². The van der Waals surface area contributed by atoms with Crippen LogP contribution in [-0.2, 0) is 0 Å². The van der Waals surface area contributed by atoms with Gasteiger partial charge in [0.25, 0.3) is 0 Å². The van der Waals surface area contributed by atoms with Gasteiger partial charge in [-0.3, -0.25) is 0 Å². The Morgan fingerprint density at radius 1 is 0.810 bits per heavy atom. The molecule has 0 radical (unpaired) electrons. The second-order valence-electron chi connectivity index (χ2n) is 4.87. The van der Waals surface area contributed by atoms with Crippen LogP contribution < -0.4 is 14.2 Å². The van der Waals surface area contributed by atoms with Gasteiger partial charge in [0.2, 0.25) is 0 Å². The van der Waals surface area contributed by atoms with Gasteiger partial charge in [-0.05, 0) is 49.6 Å². The van der Waals surface area contributed by atoms with Gasteiger partial charge in [-0.25, -0.2) is 0 Å². The number of benzene rings is 2. The van der Waals surface area contributed by atoms with Crippen LogP contribution in [0.25, 0.3) is 0 Å². The van der Waals surface area contributed by atoms with Gasteiger partial charge in [-0.15, -0.1) is 0 Å². The summed E-state index contributed by atoms with van der Waals surface area (Å²) in [6.07, 6.45) is 1.91. The van der Waals surface area contributed by atoms with Crippen molar-refractivity contribution in [3.05, 3.63) is 54.1 Å². The normalized spacial score (nSPS) is 10.2. The first-order valence-corrected chi connectivity index (χ1v) is 7.25. The van der Waals surface area contributed by atoms with Crippen molar-refractivity contribution >= 4 is 0 Å². The van der Waals surface area contributed by atoms with Crippen molar-refractivity contribution in [1.82, 2.24) is 0 Å². The summed E-state index contributed by atoms with van der Waals surface area (Å²) in [5.74, 6) is 2.49. The van der Waals surface area contributed by atoms with E-state index in [0.717, 1.165) is 30.1 Å². The second kappa shape index (κ2) is 8.20. The van der Waals surface area contributed by atoms with E-state index in [4.69, 9.17) is 14.2 Å². The lowest BCUT2D eigenvalue weighted by molar-refractivity contribution is 0.258. The first-order chi connectivity index (χ1) is 10.3. The average Bonchev–Trinajstić information content (AvgIpc) is 2.51. The summed E-state index contributed by atoms with van der Waals surface area (Å²) < 4.78 is 16.7. The molecule has 0 bridgehead atoms. The predicted molar refractivity (Wildman–Crippen MR) is 84.4 cm³/mol. The van der Waals surface area contributed by atoms with Gasteiger partial charge in [0, 0.05) is 0 Å². The number of hydrogen-bond donors (Lipinski definition) is 0. The lowest BCUT2D eigenvalue weighted by Crippen LogP contribution is -2.03. The van der Waals surface area contributed by atoms with E-state index in [1.165, 1.54) is 5.56 Å². The maximum atomic E-state index is 5.72. The highest BCUT2D eigenvalue weighted by atomic mass is 16.5. The van der Waals surface area contributed by atoms with Crippen molar-refractivity contribution in [3.63, 3.8) is 0 Å². The van der Waals surface area contributed by atoms with Gasteiger partial charge in [0.1, 0.15) is 5.75 Å². The minimum absolute atomic E-state index is 0.664. The number of para-hydroxylation sites is 2. The smallest absolute Gasteiger partial charge is 0.161 e. The molecule has 0 aliphatic carbocycles. The van der Waals surface area contributed by atoms with E-state index < -0.39 is 0 Å². The lowest BCUT2D eigenvalue weighted by Gasteiger charge is -2.10. The fraction of sp³-hybridized carbons (Fsp3) is 0.333. The lowest BCUT2D eigenvalue weighted by atomic mass is 10.2. The van der Waals surface area contributed by atoms with Crippen molar-refractivity contribution in [1.29, 1.82) is 0 Å². The Bertz CT molecular complexity index is 552. The van der Waals surface area contributed by atoms with Crippen LogP contribution in [0.5, 0.6) is 17.2 Å². The zero-order valence-electron chi connectivity index (χ0n) is 12.7. The Labute approximate surface area is 126 Å².